The molecule has 0 aliphatic heterocycles. The average Bonchev–Trinajstić information content (AvgIpc) is 3.44. The zero-order chi connectivity index (χ0) is 20.9. The highest BCUT2D eigenvalue weighted by Gasteiger charge is 2.20. The molecule has 0 fully saturated rings. The first-order chi connectivity index (χ1) is 14.7. The summed E-state index contributed by atoms with van der Waals surface area (Å²) in [6, 6.07) is 15.9. The van der Waals surface area contributed by atoms with Gasteiger partial charge in [-0.05, 0) is 36.2 Å². The number of aromatic nitrogens is 5. The molecule has 0 N–H and O–H groups in total. The van der Waals surface area contributed by atoms with Crippen LogP contribution in [0.4, 0.5) is 0 Å². The first-order valence-electron chi connectivity index (χ1n) is 9.39. The number of benzene rings is 2. The standard InChI is InChI=1S/C21H21N5O2S2/c1-4-26-20(19-18(22-25-30-19)15-8-6-5-7-9-15)23-24-21(26)29-13-14-10-16(27-2)12-17(11-14)28-3/h5-12H,4,13H2,1-3H3. The minimum absolute atomic E-state index is 0.720. The molecular formula is C21H21N5O2S2. The number of nitrogens with zero attached hydrogens (tertiary/aromatic N) is 5. The Morgan fingerprint density at radius 2 is 1.70 bits per heavy atom. The molecule has 0 aliphatic rings. The van der Waals surface area contributed by atoms with Gasteiger partial charge in [0.1, 0.15) is 22.1 Å². The van der Waals surface area contributed by atoms with Gasteiger partial charge in [-0.25, -0.2) is 0 Å². The molecule has 0 saturated carbocycles. The Labute approximate surface area is 183 Å². The molecule has 2 aromatic carbocycles. The summed E-state index contributed by atoms with van der Waals surface area (Å²) in [6.07, 6.45) is 0. The number of methoxy groups -OCH3 is 2. The van der Waals surface area contributed by atoms with Crippen molar-refractivity contribution in [3.05, 3.63) is 54.1 Å². The van der Waals surface area contributed by atoms with Gasteiger partial charge in [-0.1, -0.05) is 46.6 Å². The van der Waals surface area contributed by atoms with Gasteiger partial charge in [0.05, 0.1) is 14.2 Å². The summed E-state index contributed by atoms with van der Waals surface area (Å²) in [5, 5.41) is 14.1. The van der Waals surface area contributed by atoms with Gasteiger partial charge in [0.2, 0.25) is 0 Å². The van der Waals surface area contributed by atoms with Crippen LogP contribution in [-0.4, -0.2) is 38.6 Å². The smallest absolute Gasteiger partial charge is 0.191 e. The summed E-state index contributed by atoms with van der Waals surface area (Å²) in [7, 11) is 3.30. The van der Waals surface area contributed by atoms with E-state index in [9.17, 15) is 0 Å². The van der Waals surface area contributed by atoms with E-state index in [0.717, 1.165) is 56.5 Å². The van der Waals surface area contributed by atoms with E-state index >= 15 is 0 Å². The minimum Gasteiger partial charge on any atom is -0.497 e. The van der Waals surface area contributed by atoms with E-state index < -0.39 is 0 Å². The van der Waals surface area contributed by atoms with Crippen molar-refractivity contribution in [1.29, 1.82) is 0 Å². The molecule has 154 valence electrons. The second kappa shape index (κ2) is 9.27. The maximum atomic E-state index is 5.37. The van der Waals surface area contributed by atoms with Crippen LogP contribution in [-0.2, 0) is 12.3 Å². The number of ether oxygens (including phenoxy) is 2. The molecule has 0 aliphatic carbocycles. The van der Waals surface area contributed by atoms with E-state index in [1.807, 2.05) is 48.5 Å². The Morgan fingerprint density at radius 1 is 0.967 bits per heavy atom. The largest absolute Gasteiger partial charge is 0.497 e. The van der Waals surface area contributed by atoms with E-state index in [1.54, 1.807) is 26.0 Å². The molecule has 7 nitrogen and oxygen atoms in total. The van der Waals surface area contributed by atoms with Crippen molar-refractivity contribution in [2.75, 3.05) is 14.2 Å². The van der Waals surface area contributed by atoms with Gasteiger partial charge in [-0.2, -0.15) is 0 Å². The Bertz CT molecular complexity index is 1110. The van der Waals surface area contributed by atoms with Gasteiger partial charge >= 0.3 is 0 Å². The van der Waals surface area contributed by atoms with Crippen molar-refractivity contribution >= 4 is 23.3 Å². The molecule has 0 unspecified atom stereocenters. The molecule has 0 bridgehead atoms. The Hall–Kier alpha value is -2.91. The first kappa shape index (κ1) is 20.4. The van der Waals surface area contributed by atoms with Gasteiger partial charge in [0.15, 0.2) is 11.0 Å². The van der Waals surface area contributed by atoms with Gasteiger partial charge < -0.3 is 14.0 Å². The summed E-state index contributed by atoms with van der Waals surface area (Å²) in [5.41, 5.74) is 2.94. The number of rotatable bonds is 8. The summed E-state index contributed by atoms with van der Waals surface area (Å²) in [6.45, 7) is 2.83. The zero-order valence-electron chi connectivity index (χ0n) is 16.9. The second-order valence-electron chi connectivity index (χ2n) is 6.38. The topological polar surface area (TPSA) is 75.0 Å². The quantitative estimate of drug-likeness (QED) is 0.365. The molecule has 2 aromatic heterocycles. The maximum Gasteiger partial charge on any atom is 0.191 e. The van der Waals surface area contributed by atoms with Crippen LogP contribution in [0.1, 0.15) is 12.5 Å². The van der Waals surface area contributed by atoms with Gasteiger partial charge in [0, 0.05) is 23.9 Å². The van der Waals surface area contributed by atoms with Crippen molar-refractivity contribution in [3.63, 3.8) is 0 Å². The summed E-state index contributed by atoms with van der Waals surface area (Å²) < 4.78 is 17.0. The molecule has 9 heteroatoms. The second-order valence-corrected chi connectivity index (χ2v) is 8.07. The summed E-state index contributed by atoms with van der Waals surface area (Å²) >= 11 is 2.96. The molecule has 0 spiro atoms. The molecular weight excluding hydrogens is 418 g/mol. The van der Waals surface area contributed by atoms with Crippen molar-refractivity contribution in [2.45, 2.75) is 24.4 Å². The van der Waals surface area contributed by atoms with Crippen LogP contribution in [0.15, 0.2) is 53.7 Å². The Balaban J connectivity index is 1.61. The Kier molecular flexibility index (Phi) is 6.29. The van der Waals surface area contributed by atoms with E-state index in [1.165, 1.54) is 11.5 Å². The molecule has 0 radical (unpaired) electrons. The van der Waals surface area contributed by atoms with Crippen LogP contribution in [0.25, 0.3) is 22.0 Å². The third-order valence-electron chi connectivity index (χ3n) is 4.55. The van der Waals surface area contributed by atoms with Gasteiger partial charge in [-0.15, -0.1) is 15.3 Å². The number of thioether (sulfide) groups is 1. The molecule has 4 aromatic rings. The lowest BCUT2D eigenvalue weighted by Crippen LogP contribution is -2.00. The highest BCUT2D eigenvalue weighted by atomic mass is 32.2. The van der Waals surface area contributed by atoms with E-state index in [2.05, 4.69) is 31.3 Å². The number of hydrogen-bond acceptors (Lipinski definition) is 8. The van der Waals surface area contributed by atoms with Crippen LogP contribution in [0.3, 0.4) is 0 Å². The fraction of sp³-hybridized carbons (Fsp3) is 0.238. The van der Waals surface area contributed by atoms with Crippen LogP contribution in [0.5, 0.6) is 11.5 Å². The average molecular weight is 440 g/mol. The van der Waals surface area contributed by atoms with Crippen LogP contribution in [0.2, 0.25) is 0 Å². The fourth-order valence-corrected chi connectivity index (χ4v) is 4.68. The van der Waals surface area contributed by atoms with Gasteiger partial charge in [0.25, 0.3) is 0 Å². The van der Waals surface area contributed by atoms with Crippen molar-refractivity contribution < 1.29 is 9.47 Å². The summed E-state index contributed by atoms with van der Waals surface area (Å²) in [5.74, 6) is 3.05. The minimum atomic E-state index is 0.720. The molecule has 0 saturated heterocycles. The fourth-order valence-electron chi connectivity index (χ4n) is 3.07. The third-order valence-corrected chi connectivity index (χ3v) is 6.31. The lowest BCUT2D eigenvalue weighted by Gasteiger charge is -2.09. The third kappa shape index (κ3) is 4.17. The van der Waals surface area contributed by atoms with Gasteiger partial charge in [-0.3, -0.25) is 0 Å². The van der Waals surface area contributed by atoms with Crippen LogP contribution in [0, 0.1) is 0 Å². The van der Waals surface area contributed by atoms with Crippen LogP contribution >= 0.6 is 23.3 Å². The zero-order valence-corrected chi connectivity index (χ0v) is 18.5. The molecule has 4 rings (SSSR count). The highest BCUT2D eigenvalue weighted by Crippen LogP contribution is 2.35. The highest BCUT2D eigenvalue weighted by molar-refractivity contribution is 7.98. The SMILES string of the molecule is CCn1c(SCc2cc(OC)cc(OC)c2)nnc1-c1snnc1-c1ccccc1. The predicted octanol–water partition coefficient (Wildman–Crippen LogP) is 4.79. The van der Waals surface area contributed by atoms with E-state index in [-0.39, 0.29) is 0 Å². The monoisotopic (exact) mass is 439 g/mol. The molecule has 30 heavy (non-hydrogen) atoms. The van der Waals surface area contributed by atoms with E-state index in [4.69, 9.17) is 9.47 Å². The van der Waals surface area contributed by atoms with Crippen molar-refractivity contribution in [2.24, 2.45) is 0 Å². The Morgan fingerprint density at radius 3 is 2.37 bits per heavy atom. The van der Waals surface area contributed by atoms with E-state index in [0.29, 0.717) is 0 Å². The molecule has 2 heterocycles. The lowest BCUT2D eigenvalue weighted by molar-refractivity contribution is 0.393. The predicted molar refractivity (Wildman–Crippen MR) is 119 cm³/mol. The number of hydrogen-bond donors (Lipinski definition) is 0. The van der Waals surface area contributed by atoms with Crippen molar-refractivity contribution in [1.82, 2.24) is 24.4 Å². The summed E-state index contributed by atoms with van der Waals surface area (Å²) in [4.78, 5) is 0.922. The molecule has 0 atom stereocenters. The van der Waals surface area contributed by atoms with Crippen LogP contribution < -0.4 is 9.47 Å². The lowest BCUT2D eigenvalue weighted by atomic mass is 10.1. The maximum absolute atomic E-state index is 5.37. The first-order valence-corrected chi connectivity index (χ1v) is 11.2. The molecule has 0 amide bonds. The normalized spacial score (nSPS) is 10.9. The van der Waals surface area contributed by atoms with Crippen molar-refractivity contribution in [3.8, 4) is 33.5 Å².